The van der Waals surface area contributed by atoms with Gasteiger partial charge in [0.25, 0.3) is 0 Å². The quantitative estimate of drug-likeness (QED) is 0.609. The third-order valence-electron chi connectivity index (χ3n) is 2.98. The topological polar surface area (TPSA) is 84.5 Å². The van der Waals surface area contributed by atoms with Gasteiger partial charge in [-0.3, -0.25) is 14.4 Å². The summed E-state index contributed by atoms with van der Waals surface area (Å²) in [5.41, 5.74) is 3.13. The van der Waals surface area contributed by atoms with Crippen molar-refractivity contribution >= 4 is 17.8 Å². The van der Waals surface area contributed by atoms with E-state index in [2.05, 4.69) is 15.4 Å². The Morgan fingerprint density at radius 1 is 1.10 bits per heavy atom. The molecule has 1 rings (SSSR count). The average Bonchev–Trinajstić information content (AvgIpc) is 2.45. The molecule has 0 aliphatic carbocycles. The summed E-state index contributed by atoms with van der Waals surface area (Å²) in [7, 11) is 1.20. The maximum absolute atomic E-state index is 11.5. The van der Waals surface area contributed by atoms with Crippen LogP contribution in [-0.4, -0.2) is 31.4 Å². The van der Waals surface area contributed by atoms with Gasteiger partial charge < -0.3 is 15.4 Å². The average molecular weight is 278 g/mol. The van der Waals surface area contributed by atoms with Crippen LogP contribution in [0.5, 0.6) is 0 Å². The predicted octanol–water partition coefficient (Wildman–Crippen LogP) is 0.209. The van der Waals surface area contributed by atoms with Gasteiger partial charge in [0.05, 0.1) is 7.11 Å². The lowest BCUT2D eigenvalue weighted by Gasteiger charge is -2.09. The molecule has 0 bridgehead atoms. The summed E-state index contributed by atoms with van der Waals surface area (Å²) in [4.78, 5) is 33.8. The van der Waals surface area contributed by atoms with Gasteiger partial charge in [0.15, 0.2) is 0 Å². The Balaban J connectivity index is 2.48. The molecule has 2 amide bonds. The van der Waals surface area contributed by atoms with Gasteiger partial charge in [-0.2, -0.15) is 0 Å². The van der Waals surface area contributed by atoms with E-state index < -0.39 is 17.8 Å². The van der Waals surface area contributed by atoms with Gasteiger partial charge in [-0.05, 0) is 30.5 Å². The van der Waals surface area contributed by atoms with E-state index >= 15 is 0 Å². The number of carbonyl (C=O) groups excluding carboxylic acids is 3. The number of amides is 2. The third kappa shape index (κ3) is 4.38. The number of hydrogen-bond acceptors (Lipinski definition) is 4. The van der Waals surface area contributed by atoms with E-state index in [1.807, 2.05) is 32.0 Å². The zero-order valence-corrected chi connectivity index (χ0v) is 11.8. The molecular weight excluding hydrogens is 260 g/mol. The van der Waals surface area contributed by atoms with E-state index in [0.29, 0.717) is 0 Å². The number of benzene rings is 1. The van der Waals surface area contributed by atoms with E-state index in [1.54, 1.807) is 0 Å². The molecule has 1 aromatic carbocycles. The highest BCUT2D eigenvalue weighted by Crippen LogP contribution is 2.11. The normalized spacial score (nSPS) is 9.75. The molecule has 6 nitrogen and oxygen atoms in total. The highest BCUT2D eigenvalue weighted by Gasteiger charge is 2.14. The van der Waals surface area contributed by atoms with Crippen molar-refractivity contribution in [3.05, 3.63) is 34.9 Å². The van der Waals surface area contributed by atoms with Gasteiger partial charge in [-0.1, -0.05) is 18.2 Å². The molecule has 108 valence electrons. The van der Waals surface area contributed by atoms with E-state index in [9.17, 15) is 14.4 Å². The van der Waals surface area contributed by atoms with Crippen molar-refractivity contribution < 1.29 is 19.1 Å². The fourth-order valence-corrected chi connectivity index (χ4v) is 1.56. The highest BCUT2D eigenvalue weighted by atomic mass is 16.5. The van der Waals surface area contributed by atoms with Gasteiger partial charge in [-0.25, -0.2) is 0 Å². The number of rotatable bonds is 4. The Morgan fingerprint density at radius 3 is 2.40 bits per heavy atom. The zero-order chi connectivity index (χ0) is 15.1. The molecule has 1 aromatic rings. The Hall–Kier alpha value is -2.37. The van der Waals surface area contributed by atoms with Gasteiger partial charge in [0, 0.05) is 6.54 Å². The monoisotopic (exact) mass is 278 g/mol. The van der Waals surface area contributed by atoms with Crippen molar-refractivity contribution in [1.82, 2.24) is 10.6 Å². The summed E-state index contributed by atoms with van der Waals surface area (Å²) in [6.07, 6.45) is 0. The number of esters is 1. The molecule has 0 saturated heterocycles. The van der Waals surface area contributed by atoms with Crippen LogP contribution in [0.25, 0.3) is 0 Å². The fourth-order valence-electron chi connectivity index (χ4n) is 1.56. The van der Waals surface area contributed by atoms with Crippen LogP contribution in [-0.2, 0) is 25.7 Å². The minimum atomic E-state index is -0.860. The molecule has 0 atom stereocenters. The van der Waals surface area contributed by atoms with Gasteiger partial charge >= 0.3 is 17.8 Å². The minimum absolute atomic E-state index is 0.262. The lowest BCUT2D eigenvalue weighted by atomic mass is 10.0. The third-order valence-corrected chi connectivity index (χ3v) is 2.98. The second-order valence-electron chi connectivity index (χ2n) is 4.30. The second kappa shape index (κ2) is 7.28. The van der Waals surface area contributed by atoms with Crippen LogP contribution in [0.3, 0.4) is 0 Å². The number of carbonyl (C=O) groups is 3. The van der Waals surface area contributed by atoms with Crippen LogP contribution in [0.4, 0.5) is 0 Å². The van der Waals surface area contributed by atoms with Gasteiger partial charge in [-0.15, -0.1) is 0 Å². The van der Waals surface area contributed by atoms with Crippen LogP contribution in [0.15, 0.2) is 18.2 Å². The molecule has 0 aromatic heterocycles. The maximum Gasteiger partial charge on any atom is 0.325 e. The highest BCUT2D eigenvalue weighted by molar-refractivity contribution is 6.35. The molecule has 0 saturated carbocycles. The van der Waals surface area contributed by atoms with Crippen molar-refractivity contribution in [2.45, 2.75) is 20.4 Å². The number of hydrogen-bond donors (Lipinski definition) is 2. The zero-order valence-electron chi connectivity index (χ0n) is 11.8. The molecule has 6 heteroatoms. The molecule has 0 aliphatic rings. The van der Waals surface area contributed by atoms with E-state index in [1.165, 1.54) is 7.11 Å². The predicted molar refractivity (Wildman–Crippen MR) is 72.8 cm³/mol. The lowest BCUT2D eigenvalue weighted by molar-refractivity contribution is -0.143. The summed E-state index contributed by atoms with van der Waals surface area (Å²) in [6.45, 7) is 3.86. The molecule has 20 heavy (non-hydrogen) atoms. The van der Waals surface area contributed by atoms with Crippen LogP contribution < -0.4 is 10.6 Å². The minimum Gasteiger partial charge on any atom is -0.468 e. The number of methoxy groups -OCH3 is 1. The number of aryl methyl sites for hydroxylation is 1. The molecule has 0 fully saturated rings. The summed E-state index contributed by atoms with van der Waals surface area (Å²) in [5.74, 6) is -2.25. The molecule has 2 N–H and O–H groups in total. The molecule has 0 unspecified atom stereocenters. The van der Waals surface area contributed by atoms with Crippen molar-refractivity contribution in [3.8, 4) is 0 Å². The Labute approximate surface area is 117 Å². The molecule has 0 heterocycles. The SMILES string of the molecule is COC(=O)CNC(=O)C(=O)NCc1cccc(C)c1C. The van der Waals surface area contributed by atoms with Crippen molar-refractivity contribution in [1.29, 1.82) is 0 Å². The van der Waals surface area contributed by atoms with Crippen LogP contribution >= 0.6 is 0 Å². The number of nitrogens with one attached hydrogen (secondary N) is 2. The number of ether oxygens (including phenoxy) is 1. The largest absolute Gasteiger partial charge is 0.468 e. The first-order valence-electron chi connectivity index (χ1n) is 6.13. The van der Waals surface area contributed by atoms with E-state index in [4.69, 9.17) is 0 Å². The van der Waals surface area contributed by atoms with Crippen LogP contribution in [0.1, 0.15) is 16.7 Å². The Morgan fingerprint density at radius 2 is 1.75 bits per heavy atom. The first-order chi connectivity index (χ1) is 9.45. The standard InChI is InChI=1S/C14H18N2O4/c1-9-5-4-6-11(10(9)2)7-15-13(18)14(19)16-8-12(17)20-3/h4-6H,7-8H2,1-3H3,(H,15,18)(H,16,19). The Bertz CT molecular complexity index is 526. The van der Waals surface area contributed by atoms with Crippen LogP contribution in [0, 0.1) is 13.8 Å². The second-order valence-corrected chi connectivity index (χ2v) is 4.30. The van der Waals surface area contributed by atoms with Crippen molar-refractivity contribution in [2.75, 3.05) is 13.7 Å². The van der Waals surface area contributed by atoms with E-state index in [-0.39, 0.29) is 13.1 Å². The molecule has 0 aliphatic heterocycles. The molecular formula is C14H18N2O4. The first-order valence-corrected chi connectivity index (χ1v) is 6.13. The maximum atomic E-state index is 11.5. The molecule has 0 spiro atoms. The lowest BCUT2D eigenvalue weighted by Crippen LogP contribution is -2.41. The smallest absolute Gasteiger partial charge is 0.325 e. The van der Waals surface area contributed by atoms with Crippen LogP contribution in [0.2, 0.25) is 0 Å². The first kappa shape index (κ1) is 15.7. The van der Waals surface area contributed by atoms with E-state index in [0.717, 1.165) is 16.7 Å². The summed E-state index contributed by atoms with van der Waals surface area (Å²) < 4.78 is 4.35. The summed E-state index contributed by atoms with van der Waals surface area (Å²) in [6, 6.07) is 5.75. The fraction of sp³-hybridized carbons (Fsp3) is 0.357. The summed E-state index contributed by atoms with van der Waals surface area (Å²) >= 11 is 0. The van der Waals surface area contributed by atoms with Gasteiger partial charge in [0.1, 0.15) is 6.54 Å². The Kier molecular flexibility index (Phi) is 5.71. The summed E-state index contributed by atoms with van der Waals surface area (Å²) in [5, 5.41) is 4.68. The van der Waals surface area contributed by atoms with Crippen molar-refractivity contribution in [2.24, 2.45) is 0 Å². The van der Waals surface area contributed by atoms with Crippen molar-refractivity contribution in [3.63, 3.8) is 0 Å². The van der Waals surface area contributed by atoms with Gasteiger partial charge in [0.2, 0.25) is 0 Å². The molecule has 0 radical (unpaired) electrons.